The average molecular weight is 268 g/mol. The van der Waals surface area contributed by atoms with Crippen molar-refractivity contribution in [1.29, 1.82) is 0 Å². The molecule has 2 fully saturated rings. The van der Waals surface area contributed by atoms with Gasteiger partial charge in [-0.2, -0.15) is 0 Å². The predicted molar refractivity (Wildman–Crippen MR) is 76.2 cm³/mol. The van der Waals surface area contributed by atoms with Crippen LogP contribution in [-0.2, 0) is 4.79 Å². The molecule has 0 amide bonds. The topological polar surface area (TPSA) is 52.6 Å². The molecule has 0 spiro atoms. The van der Waals surface area contributed by atoms with Gasteiger partial charge in [-0.1, -0.05) is 20.3 Å². The highest BCUT2D eigenvalue weighted by molar-refractivity contribution is 5.80. The molecule has 2 aliphatic rings. The highest BCUT2D eigenvalue weighted by atomic mass is 16.4. The summed E-state index contributed by atoms with van der Waals surface area (Å²) in [6.45, 7) is 7.55. The molecule has 0 heterocycles. The third-order valence-corrected chi connectivity index (χ3v) is 4.81. The summed E-state index contributed by atoms with van der Waals surface area (Å²) in [6.07, 6.45) is 6.10. The Bertz CT molecular complexity index is 313. The molecule has 1 atom stereocenters. The fraction of sp³-hybridized carbons (Fsp3) is 0.933. The van der Waals surface area contributed by atoms with Crippen molar-refractivity contribution in [2.45, 2.75) is 51.5 Å². The number of likely N-dealkylation sites (N-methyl/N-ethyl adjacent to an activating group) is 2. The number of nitrogens with one attached hydrogen (secondary N) is 1. The van der Waals surface area contributed by atoms with Gasteiger partial charge in [-0.15, -0.1) is 0 Å². The zero-order valence-electron chi connectivity index (χ0n) is 12.3. The number of hydrogen-bond acceptors (Lipinski definition) is 3. The molecule has 0 aromatic heterocycles. The molecular weight excluding hydrogens is 240 g/mol. The molecular formula is C15H28N2O2. The Hall–Kier alpha value is -0.610. The van der Waals surface area contributed by atoms with E-state index in [1.165, 1.54) is 19.3 Å². The lowest BCUT2D eigenvalue weighted by atomic mass is 9.84. The third kappa shape index (κ3) is 3.29. The number of rotatable bonds is 9. The average Bonchev–Trinajstić information content (AvgIpc) is 3.14. The van der Waals surface area contributed by atoms with Crippen LogP contribution in [0.15, 0.2) is 0 Å². The molecule has 0 bridgehead atoms. The molecule has 0 radical (unpaired) electrons. The molecule has 0 aromatic rings. The van der Waals surface area contributed by atoms with Crippen LogP contribution >= 0.6 is 0 Å². The number of aliphatic carboxylic acids is 1. The quantitative estimate of drug-likeness (QED) is 0.671. The molecule has 4 heteroatoms. The van der Waals surface area contributed by atoms with E-state index in [9.17, 15) is 9.90 Å². The van der Waals surface area contributed by atoms with Crippen LogP contribution < -0.4 is 5.32 Å². The van der Waals surface area contributed by atoms with Gasteiger partial charge >= 0.3 is 5.97 Å². The Balaban J connectivity index is 2.01. The minimum Gasteiger partial charge on any atom is -0.480 e. The molecule has 19 heavy (non-hydrogen) atoms. The Kier molecular flexibility index (Phi) is 4.85. The SMILES string of the molecule is CCNC(CN(CC)CC1CCC1)(C(=O)O)C1CC1. The maximum Gasteiger partial charge on any atom is 0.325 e. The first-order valence-corrected chi connectivity index (χ1v) is 7.83. The highest BCUT2D eigenvalue weighted by Gasteiger charge is 2.51. The minimum absolute atomic E-state index is 0.320. The van der Waals surface area contributed by atoms with Gasteiger partial charge in [0, 0.05) is 13.1 Å². The van der Waals surface area contributed by atoms with Crippen molar-refractivity contribution in [3.63, 3.8) is 0 Å². The summed E-state index contributed by atoms with van der Waals surface area (Å²) in [5.41, 5.74) is -0.714. The van der Waals surface area contributed by atoms with Crippen molar-refractivity contribution in [2.24, 2.45) is 11.8 Å². The summed E-state index contributed by atoms with van der Waals surface area (Å²) in [6, 6.07) is 0. The summed E-state index contributed by atoms with van der Waals surface area (Å²) >= 11 is 0. The van der Waals surface area contributed by atoms with E-state index < -0.39 is 11.5 Å². The summed E-state index contributed by atoms with van der Waals surface area (Å²) in [7, 11) is 0. The van der Waals surface area contributed by atoms with Gasteiger partial charge in [-0.3, -0.25) is 4.79 Å². The first-order chi connectivity index (χ1) is 9.12. The number of hydrogen-bond donors (Lipinski definition) is 2. The van der Waals surface area contributed by atoms with Crippen molar-refractivity contribution in [1.82, 2.24) is 10.2 Å². The van der Waals surface area contributed by atoms with Crippen LogP contribution in [0.5, 0.6) is 0 Å². The van der Waals surface area contributed by atoms with Crippen LogP contribution in [0.4, 0.5) is 0 Å². The Labute approximate surface area is 116 Å². The minimum atomic E-state index is -0.714. The van der Waals surface area contributed by atoms with Gasteiger partial charge in [0.2, 0.25) is 0 Å². The smallest absolute Gasteiger partial charge is 0.325 e. The molecule has 2 saturated carbocycles. The van der Waals surface area contributed by atoms with Crippen molar-refractivity contribution in [3.05, 3.63) is 0 Å². The zero-order valence-corrected chi connectivity index (χ0v) is 12.3. The lowest BCUT2D eigenvalue weighted by Gasteiger charge is -2.38. The van der Waals surface area contributed by atoms with E-state index in [4.69, 9.17) is 0 Å². The first kappa shape index (κ1) is 14.8. The zero-order chi connectivity index (χ0) is 13.9. The lowest BCUT2D eigenvalue weighted by Crippen LogP contribution is -2.61. The normalized spacial score (nSPS) is 23.1. The molecule has 4 nitrogen and oxygen atoms in total. The largest absolute Gasteiger partial charge is 0.480 e. The molecule has 2 rings (SSSR count). The molecule has 0 saturated heterocycles. The van der Waals surface area contributed by atoms with E-state index in [1.807, 2.05) is 6.92 Å². The van der Waals surface area contributed by atoms with E-state index in [0.29, 0.717) is 12.5 Å². The van der Waals surface area contributed by atoms with Crippen molar-refractivity contribution >= 4 is 5.97 Å². The van der Waals surface area contributed by atoms with Crippen LogP contribution in [0.3, 0.4) is 0 Å². The summed E-state index contributed by atoms with van der Waals surface area (Å²) < 4.78 is 0. The van der Waals surface area contributed by atoms with Gasteiger partial charge in [0.25, 0.3) is 0 Å². The van der Waals surface area contributed by atoms with E-state index in [2.05, 4.69) is 17.1 Å². The van der Waals surface area contributed by atoms with Crippen LogP contribution in [0.2, 0.25) is 0 Å². The molecule has 0 aromatic carbocycles. The third-order valence-electron chi connectivity index (χ3n) is 4.81. The second-order valence-corrected chi connectivity index (χ2v) is 6.21. The Morgan fingerprint density at radius 2 is 2.00 bits per heavy atom. The highest BCUT2D eigenvalue weighted by Crippen LogP contribution is 2.41. The fourth-order valence-corrected chi connectivity index (χ4v) is 3.24. The van der Waals surface area contributed by atoms with E-state index in [0.717, 1.165) is 38.4 Å². The molecule has 0 aliphatic heterocycles. The van der Waals surface area contributed by atoms with E-state index in [1.54, 1.807) is 0 Å². The van der Waals surface area contributed by atoms with E-state index >= 15 is 0 Å². The van der Waals surface area contributed by atoms with Crippen molar-refractivity contribution in [2.75, 3.05) is 26.2 Å². The van der Waals surface area contributed by atoms with Crippen LogP contribution in [0.25, 0.3) is 0 Å². The number of carboxylic acid groups (broad SMARTS) is 1. The Morgan fingerprint density at radius 3 is 2.37 bits per heavy atom. The second-order valence-electron chi connectivity index (χ2n) is 6.21. The summed E-state index contributed by atoms with van der Waals surface area (Å²) in [5.74, 6) is 0.455. The van der Waals surface area contributed by atoms with Crippen molar-refractivity contribution in [3.8, 4) is 0 Å². The Morgan fingerprint density at radius 1 is 1.32 bits per heavy atom. The predicted octanol–water partition coefficient (Wildman–Crippen LogP) is 1.95. The number of carbonyl (C=O) groups is 1. The lowest BCUT2D eigenvalue weighted by molar-refractivity contribution is -0.147. The van der Waals surface area contributed by atoms with Gasteiger partial charge in [-0.25, -0.2) is 0 Å². The molecule has 2 N–H and O–H groups in total. The van der Waals surface area contributed by atoms with Gasteiger partial charge < -0.3 is 15.3 Å². The maximum absolute atomic E-state index is 11.8. The fourth-order valence-electron chi connectivity index (χ4n) is 3.24. The number of carboxylic acids is 1. The maximum atomic E-state index is 11.8. The van der Waals surface area contributed by atoms with Crippen LogP contribution in [0.1, 0.15) is 46.0 Å². The van der Waals surface area contributed by atoms with Gasteiger partial charge in [0.1, 0.15) is 5.54 Å². The van der Waals surface area contributed by atoms with Gasteiger partial charge in [-0.05, 0) is 50.6 Å². The number of nitrogens with zero attached hydrogens (tertiary/aromatic N) is 1. The summed E-state index contributed by atoms with van der Waals surface area (Å²) in [4.78, 5) is 14.2. The van der Waals surface area contributed by atoms with Gasteiger partial charge in [0.05, 0.1) is 0 Å². The molecule has 1 unspecified atom stereocenters. The summed E-state index contributed by atoms with van der Waals surface area (Å²) in [5, 5.41) is 13.0. The first-order valence-electron chi connectivity index (χ1n) is 7.83. The second kappa shape index (κ2) is 6.23. The van der Waals surface area contributed by atoms with Crippen LogP contribution in [0, 0.1) is 11.8 Å². The van der Waals surface area contributed by atoms with Crippen molar-refractivity contribution < 1.29 is 9.90 Å². The van der Waals surface area contributed by atoms with Crippen LogP contribution in [-0.4, -0.2) is 47.7 Å². The molecule has 110 valence electrons. The molecule has 2 aliphatic carbocycles. The monoisotopic (exact) mass is 268 g/mol. The standard InChI is InChI=1S/C15H28N2O2/c1-3-16-15(14(18)19,13-8-9-13)11-17(4-2)10-12-6-5-7-12/h12-13,16H,3-11H2,1-2H3,(H,18,19). The van der Waals surface area contributed by atoms with Gasteiger partial charge in [0.15, 0.2) is 0 Å². The van der Waals surface area contributed by atoms with E-state index in [-0.39, 0.29) is 0 Å².